The van der Waals surface area contributed by atoms with Crippen molar-refractivity contribution in [1.29, 1.82) is 0 Å². The summed E-state index contributed by atoms with van der Waals surface area (Å²) in [6.45, 7) is 1.27. The molecule has 0 bridgehead atoms. The second-order valence-electron chi connectivity index (χ2n) is 3.41. The van der Waals surface area contributed by atoms with Crippen LogP contribution in [0.2, 0.25) is 0 Å². The zero-order valence-electron chi connectivity index (χ0n) is 7.91. The first-order chi connectivity index (χ1) is 6.39. The minimum absolute atomic E-state index is 0.176. The Morgan fingerprint density at radius 1 is 1.71 bits per heavy atom. The summed E-state index contributed by atoms with van der Waals surface area (Å²) < 4.78 is 34.4. The number of rotatable bonds is 3. The molecule has 6 heteroatoms. The highest BCUT2D eigenvalue weighted by Crippen LogP contribution is 2.15. The van der Waals surface area contributed by atoms with Gasteiger partial charge in [0, 0.05) is 19.3 Å². The summed E-state index contributed by atoms with van der Waals surface area (Å²) in [5, 5.41) is 0. The average molecular weight is 286 g/mol. The quantitative estimate of drug-likeness (QED) is 0.734. The van der Waals surface area contributed by atoms with E-state index in [1.165, 1.54) is 6.26 Å². The number of halogens is 2. The molecule has 0 aromatic heterocycles. The first-order valence-electron chi connectivity index (χ1n) is 4.29. The van der Waals surface area contributed by atoms with E-state index < -0.39 is 14.0 Å². The van der Waals surface area contributed by atoms with Crippen molar-refractivity contribution in [2.75, 3.05) is 25.9 Å². The Hall–Kier alpha value is 0.0600. The van der Waals surface area contributed by atoms with E-state index in [1.54, 1.807) is 11.0 Å². The van der Waals surface area contributed by atoms with Gasteiger partial charge in [-0.2, -0.15) is 0 Å². The molecular weight excluding hydrogens is 273 g/mol. The van der Waals surface area contributed by atoms with Gasteiger partial charge < -0.3 is 0 Å². The zero-order chi connectivity index (χ0) is 10.8. The monoisotopic (exact) mass is 285 g/mol. The van der Waals surface area contributed by atoms with Crippen LogP contribution in [-0.4, -0.2) is 43.4 Å². The van der Waals surface area contributed by atoms with Crippen LogP contribution in [0.1, 0.15) is 6.42 Å². The summed E-state index contributed by atoms with van der Waals surface area (Å²) in [4.78, 5) is 1.79. The molecule has 82 valence electrons. The molecule has 1 aliphatic rings. The topological polar surface area (TPSA) is 37.4 Å². The molecule has 0 N–H and O–H groups in total. The second kappa shape index (κ2) is 4.72. The molecule has 1 aliphatic heterocycles. The van der Waals surface area contributed by atoms with E-state index in [1.807, 2.05) is 0 Å². The molecule has 1 rings (SSSR count). The van der Waals surface area contributed by atoms with Gasteiger partial charge in [-0.1, -0.05) is 22.0 Å². The Morgan fingerprint density at radius 3 is 2.86 bits per heavy atom. The van der Waals surface area contributed by atoms with Gasteiger partial charge in [0.2, 0.25) is 0 Å². The largest absolute Gasteiger partial charge is 0.294 e. The van der Waals surface area contributed by atoms with Crippen LogP contribution in [0.5, 0.6) is 0 Å². The molecule has 0 radical (unpaired) electrons. The van der Waals surface area contributed by atoms with Gasteiger partial charge in [-0.05, 0) is 6.42 Å². The normalized spacial score (nSPS) is 21.8. The summed E-state index contributed by atoms with van der Waals surface area (Å²) in [7, 11) is -3.09. The molecule has 0 aromatic carbocycles. The molecule has 0 aliphatic carbocycles. The van der Waals surface area contributed by atoms with Gasteiger partial charge in [0.25, 0.3) is 0 Å². The third-order valence-electron chi connectivity index (χ3n) is 2.05. The van der Waals surface area contributed by atoms with E-state index in [-0.39, 0.29) is 12.4 Å². The second-order valence-corrected chi connectivity index (χ2v) is 7.35. The van der Waals surface area contributed by atoms with Gasteiger partial charge in [0.1, 0.15) is 9.99 Å². The highest BCUT2D eigenvalue weighted by molar-refractivity contribution is 9.11. The van der Waals surface area contributed by atoms with Gasteiger partial charge in [-0.15, -0.1) is 0 Å². The first kappa shape index (κ1) is 12.1. The Kier molecular flexibility index (Phi) is 4.09. The predicted molar refractivity (Wildman–Crippen MR) is 57.8 cm³/mol. The van der Waals surface area contributed by atoms with Gasteiger partial charge in [0.05, 0.1) is 6.54 Å². The molecule has 0 aromatic rings. The highest BCUT2D eigenvalue weighted by atomic mass is 79.9. The van der Waals surface area contributed by atoms with Gasteiger partial charge in [-0.25, -0.2) is 12.8 Å². The number of hydrogen-bond donors (Lipinski definition) is 0. The Balaban J connectivity index is 2.50. The van der Waals surface area contributed by atoms with Gasteiger partial charge >= 0.3 is 0 Å². The van der Waals surface area contributed by atoms with Crippen LogP contribution in [0, 0.1) is 0 Å². The Labute approximate surface area is 92.0 Å². The summed E-state index contributed by atoms with van der Waals surface area (Å²) >= 11 is 3.08. The van der Waals surface area contributed by atoms with Gasteiger partial charge in [-0.3, -0.25) is 4.90 Å². The summed E-state index contributed by atoms with van der Waals surface area (Å²) in [6, 6.07) is 0. The van der Waals surface area contributed by atoms with Crippen molar-refractivity contribution >= 4 is 25.8 Å². The van der Waals surface area contributed by atoms with E-state index in [4.69, 9.17) is 0 Å². The molecule has 1 heterocycles. The van der Waals surface area contributed by atoms with Crippen molar-refractivity contribution in [2.24, 2.45) is 0 Å². The number of hydrogen-bond acceptors (Lipinski definition) is 3. The lowest BCUT2D eigenvalue weighted by Gasteiger charge is -2.25. The van der Waals surface area contributed by atoms with E-state index in [0.717, 1.165) is 0 Å². The lowest BCUT2D eigenvalue weighted by Crippen LogP contribution is -2.36. The highest BCUT2D eigenvalue weighted by Gasteiger charge is 2.22. The van der Waals surface area contributed by atoms with E-state index in [2.05, 4.69) is 15.9 Å². The summed E-state index contributed by atoms with van der Waals surface area (Å²) in [6.07, 6.45) is 3.36. The van der Waals surface area contributed by atoms with E-state index >= 15 is 0 Å². The lowest BCUT2D eigenvalue weighted by molar-refractivity contribution is 0.278. The smallest absolute Gasteiger partial charge is 0.161 e. The molecule has 3 nitrogen and oxygen atoms in total. The number of alkyl halides is 1. The van der Waals surface area contributed by atoms with Crippen molar-refractivity contribution in [3.8, 4) is 0 Å². The minimum atomic E-state index is -3.09. The van der Waals surface area contributed by atoms with Crippen LogP contribution in [0.25, 0.3) is 0 Å². The van der Waals surface area contributed by atoms with Crippen molar-refractivity contribution in [3.63, 3.8) is 0 Å². The molecule has 1 unspecified atom stereocenters. The van der Waals surface area contributed by atoms with E-state index in [9.17, 15) is 12.8 Å². The summed E-state index contributed by atoms with van der Waals surface area (Å²) in [5.41, 5.74) is 0. The standard InChI is InChI=1S/C8H13BrFNO2S/c1-14(12,13)8(9)6-11-4-2-3-7(10)5-11/h3,8H,2,4-6H2,1H3. The fourth-order valence-corrected chi connectivity index (χ4v) is 2.15. The third kappa shape index (κ3) is 3.67. The van der Waals surface area contributed by atoms with Gasteiger partial charge in [0.15, 0.2) is 9.84 Å². The predicted octanol–water partition coefficient (Wildman–Crippen LogP) is 1.31. The van der Waals surface area contributed by atoms with Crippen molar-refractivity contribution in [1.82, 2.24) is 4.90 Å². The van der Waals surface area contributed by atoms with Crippen LogP contribution >= 0.6 is 15.9 Å². The van der Waals surface area contributed by atoms with Crippen LogP contribution in [-0.2, 0) is 9.84 Å². The Morgan fingerprint density at radius 2 is 2.36 bits per heavy atom. The maximum Gasteiger partial charge on any atom is 0.161 e. The van der Waals surface area contributed by atoms with Crippen LogP contribution < -0.4 is 0 Å². The molecule has 0 fully saturated rings. The SMILES string of the molecule is CS(=O)(=O)C(Br)CN1CCC=C(F)C1. The maximum absolute atomic E-state index is 12.8. The number of sulfone groups is 1. The molecule has 0 saturated heterocycles. The van der Waals surface area contributed by atoms with Crippen molar-refractivity contribution in [3.05, 3.63) is 11.9 Å². The lowest BCUT2D eigenvalue weighted by atomic mass is 10.2. The fraction of sp³-hybridized carbons (Fsp3) is 0.750. The third-order valence-corrected chi connectivity index (χ3v) is 5.46. The average Bonchev–Trinajstić information content (AvgIpc) is 2.02. The molecule has 0 amide bonds. The van der Waals surface area contributed by atoms with Crippen LogP contribution in [0.15, 0.2) is 11.9 Å². The van der Waals surface area contributed by atoms with Crippen molar-refractivity contribution < 1.29 is 12.8 Å². The molecule has 0 saturated carbocycles. The Bertz CT molecular complexity index is 328. The van der Waals surface area contributed by atoms with Crippen LogP contribution in [0.3, 0.4) is 0 Å². The molecular formula is C8H13BrFNO2S. The molecule has 1 atom stereocenters. The maximum atomic E-state index is 12.8. The molecule has 0 spiro atoms. The molecule has 14 heavy (non-hydrogen) atoms. The zero-order valence-corrected chi connectivity index (χ0v) is 10.3. The fourth-order valence-electron chi connectivity index (χ4n) is 1.26. The van der Waals surface area contributed by atoms with Crippen LogP contribution in [0.4, 0.5) is 4.39 Å². The van der Waals surface area contributed by atoms with Crippen molar-refractivity contribution in [2.45, 2.75) is 10.6 Å². The first-order valence-corrected chi connectivity index (χ1v) is 7.16. The summed E-state index contributed by atoms with van der Waals surface area (Å²) in [5.74, 6) is -0.176. The minimum Gasteiger partial charge on any atom is -0.294 e. The van der Waals surface area contributed by atoms with E-state index in [0.29, 0.717) is 19.5 Å². The number of nitrogens with zero attached hydrogens (tertiary/aromatic N) is 1.